The summed E-state index contributed by atoms with van der Waals surface area (Å²) < 4.78 is 5.14. The first kappa shape index (κ1) is 27.6. The average molecular weight is 672 g/mol. The van der Waals surface area contributed by atoms with Crippen molar-refractivity contribution in [3.05, 3.63) is 176 Å². The van der Waals surface area contributed by atoms with E-state index in [0.717, 1.165) is 17.1 Å². The molecule has 0 aliphatic heterocycles. The Bertz CT molecular complexity index is 3570. The molecule has 0 fully saturated rings. The van der Waals surface area contributed by atoms with Crippen LogP contribution in [0, 0.1) is 0 Å². The predicted molar refractivity (Wildman–Crippen MR) is 225 cm³/mol. The van der Waals surface area contributed by atoms with Crippen molar-refractivity contribution in [3.63, 3.8) is 0 Å². The Kier molecular flexibility index (Phi) is 5.11. The fourth-order valence-corrected chi connectivity index (χ4v) is 9.87. The van der Waals surface area contributed by atoms with Crippen LogP contribution in [0.1, 0.15) is 0 Å². The zero-order chi connectivity index (χ0) is 34.4. The van der Waals surface area contributed by atoms with Gasteiger partial charge >= 0.3 is 0 Å². The van der Waals surface area contributed by atoms with E-state index in [2.05, 4.69) is 190 Å². The average Bonchev–Trinajstić information content (AvgIpc) is 3.95. The Morgan fingerprint density at radius 1 is 0.302 bits per heavy atom. The molecule has 4 aromatic heterocycles. The van der Waals surface area contributed by atoms with E-state index in [-0.39, 0.29) is 0 Å². The van der Waals surface area contributed by atoms with E-state index in [4.69, 9.17) is 0 Å². The van der Waals surface area contributed by atoms with Gasteiger partial charge in [0.1, 0.15) is 0 Å². The molecule has 0 atom stereocenters. The van der Waals surface area contributed by atoms with E-state index in [0.29, 0.717) is 0 Å². The molecular weight excluding hydrogens is 643 g/mol. The van der Waals surface area contributed by atoms with Gasteiger partial charge in [0, 0.05) is 59.9 Å². The van der Waals surface area contributed by atoms with Crippen LogP contribution in [0.15, 0.2) is 176 Å². The van der Waals surface area contributed by atoms with Gasteiger partial charge in [0.05, 0.1) is 38.8 Å². The number of hydrogen-bond acceptors (Lipinski definition) is 1. The molecule has 0 amide bonds. The maximum Gasteiger partial charge on any atom is 0.0782 e. The lowest BCUT2D eigenvalue weighted by molar-refractivity contribution is 1.27. The second-order valence-electron chi connectivity index (χ2n) is 14.5. The third-order valence-electron chi connectivity index (χ3n) is 11.9. The fourth-order valence-electron chi connectivity index (χ4n) is 9.87. The largest absolute Gasteiger partial charge is 0.308 e. The van der Waals surface area contributed by atoms with Gasteiger partial charge in [-0.05, 0) is 64.7 Å². The van der Waals surface area contributed by atoms with Crippen LogP contribution in [0.3, 0.4) is 0 Å². The molecule has 13 rings (SSSR count). The van der Waals surface area contributed by atoms with Crippen molar-refractivity contribution in [1.82, 2.24) is 8.80 Å². The van der Waals surface area contributed by atoms with Gasteiger partial charge in [0.25, 0.3) is 0 Å². The summed E-state index contributed by atoms with van der Waals surface area (Å²) in [6.07, 6.45) is 0. The summed E-state index contributed by atoms with van der Waals surface area (Å²) in [5.41, 5.74) is 11.0. The van der Waals surface area contributed by atoms with Gasteiger partial charge in [0.2, 0.25) is 0 Å². The van der Waals surface area contributed by atoms with E-state index < -0.39 is 0 Å². The van der Waals surface area contributed by atoms with Gasteiger partial charge in [-0.1, -0.05) is 127 Å². The van der Waals surface area contributed by atoms with E-state index in [1.807, 2.05) is 0 Å². The molecule has 0 N–H and O–H groups in total. The van der Waals surface area contributed by atoms with Crippen molar-refractivity contribution in [2.24, 2.45) is 0 Å². The van der Waals surface area contributed by atoms with Crippen molar-refractivity contribution in [2.75, 3.05) is 4.90 Å². The van der Waals surface area contributed by atoms with Gasteiger partial charge in [-0.3, -0.25) is 0 Å². The normalized spacial score (nSPS) is 12.5. The molecule has 0 saturated heterocycles. The molecule has 9 aromatic carbocycles. The van der Waals surface area contributed by atoms with Crippen LogP contribution < -0.4 is 4.90 Å². The monoisotopic (exact) mass is 671 g/mol. The first-order valence-electron chi connectivity index (χ1n) is 18.4. The van der Waals surface area contributed by atoms with Crippen molar-refractivity contribution >= 4 is 115 Å². The highest BCUT2D eigenvalue weighted by molar-refractivity contribution is 6.40. The molecule has 244 valence electrons. The molecule has 0 aliphatic rings. The summed E-state index contributed by atoms with van der Waals surface area (Å²) in [6, 6.07) is 64.9. The Morgan fingerprint density at radius 3 is 1.62 bits per heavy atom. The zero-order valence-corrected chi connectivity index (χ0v) is 28.6. The van der Waals surface area contributed by atoms with Crippen LogP contribution in [0.4, 0.5) is 17.1 Å². The summed E-state index contributed by atoms with van der Waals surface area (Å²) >= 11 is 0. The molecule has 0 aliphatic carbocycles. The highest BCUT2D eigenvalue weighted by atomic mass is 15.2. The number of hydrogen-bond donors (Lipinski definition) is 0. The number of benzene rings is 9. The standard InChI is InChI=1S/C50H29N3/c1-3-15-32(16-4-1)51(33-17-5-2-6-18-33)43-24-12-22-37-40-29-31-14-8-9-19-34(31)45-46-42(53(49(37)43)50(40)45)28-27-41-44(46)39-23-11-21-36-38-26-25-30-13-7-10-20-35(30)47(38)52(41)48(36)39/h1-29H. The SMILES string of the molecule is c1ccc(N(c2ccccc2)c2cccc3c4cc5ccccc5c5c6c7c8cccc9c%10ccc%11ccccc%11c%10n(c7ccc6n(c23)c45)c98)cc1. The highest BCUT2D eigenvalue weighted by Crippen LogP contribution is 2.51. The van der Waals surface area contributed by atoms with Crippen LogP contribution in [0.5, 0.6) is 0 Å². The maximum absolute atomic E-state index is 2.58. The van der Waals surface area contributed by atoms with Crippen LogP contribution in [-0.2, 0) is 0 Å². The molecular formula is C50H29N3. The molecule has 4 heterocycles. The van der Waals surface area contributed by atoms with Crippen molar-refractivity contribution in [3.8, 4) is 0 Å². The van der Waals surface area contributed by atoms with Gasteiger partial charge in [-0.2, -0.15) is 0 Å². The molecule has 3 nitrogen and oxygen atoms in total. The van der Waals surface area contributed by atoms with Gasteiger partial charge in [-0.25, -0.2) is 0 Å². The van der Waals surface area contributed by atoms with Gasteiger partial charge in [-0.15, -0.1) is 0 Å². The summed E-state index contributed by atoms with van der Waals surface area (Å²) in [5.74, 6) is 0. The first-order chi connectivity index (χ1) is 26.3. The summed E-state index contributed by atoms with van der Waals surface area (Å²) in [4.78, 5) is 2.42. The third kappa shape index (κ3) is 3.36. The van der Waals surface area contributed by atoms with Gasteiger partial charge < -0.3 is 13.7 Å². The van der Waals surface area contributed by atoms with Crippen LogP contribution >= 0.6 is 0 Å². The summed E-state index contributed by atoms with van der Waals surface area (Å²) in [7, 11) is 0. The minimum absolute atomic E-state index is 1.13. The quantitative estimate of drug-likeness (QED) is 0.182. The number of para-hydroxylation sites is 4. The second kappa shape index (κ2) is 9.81. The van der Waals surface area contributed by atoms with E-state index in [1.165, 1.54) is 97.7 Å². The molecule has 53 heavy (non-hydrogen) atoms. The molecule has 3 heteroatoms. The summed E-state index contributed by atoms with van der Waals surface area (Å²) in [5, 5.41) is 15.6. The van der Waals surface area contributed by atoms with Crippen molar-refractivity contribution in [1.29, 1.82) is 0 Å². The molecule has 0 unspecified atom stereocenters. The topological polar surface area (TPSA) is 12.1 Å². The minimum atomic E-state index is 1.13. The lowest BCUT2D eigenvalue weighted by atomic mass is 9.97. The van der Waals surface area contributed by atoms with Crippen LogP contribution in [0.25, 0.3) is 97.7 Å². The van der Waals surface area contributed by atoms with E-state index in [9.17, 15) is 0 Å². The molecule has 0 bridgehead atoms. The number of rotatable bonds is 3. The summed E-state index contributed by atoms with van der Waals surface area (Å²) in [6.45, 7) is 0. The maximum atomic E-state index is 2.58. The Labute approximate surface area is 303 Å². The molecule has 13 aromatic rings. The van der Waals surface area contributed by atoms with Crippen LogP contribution in [0.2, 0.25) is 0 Å². The number of anilines is 3. The molecule has 0 spiro atoms. The van der Waals surface area contributed by atoms with E-state index in [1.54, 1.807) is 0 Å². The minimum Gasteiger partial charge on any atom is -0.308 e. The Hall–Kier alpha value is -7.10. The van der Waals surface area contributed by atoms with Crippen molar-refractivity contribution < 1.29 is 0 Å². The predicted octanol–water partition coefficient (Wildman–Crippen LogP) is 13.8. The van der Waals surface area contributed by atoms with E-state index >= 15 is 0 Å². The van der Waals surface area contributed by atoms with Crippen molar-refractivity contribution in [2.45, 2.75) is 0 Å². The lowest BCUT2D eigenvalue weighted by Crippen LogP contribution is -2.10. The third-order valence-corrected chi connectivity index (χ3v) is 11.9. The number of nitrogens with zero attached hydrogens (tertiary/aromatic N) is 3. The Balaban J connectivity index is 1.28. The zero-order valence-electron chi connectivity index (χ0n) is 28.6. The molecule has 0 radical (unpaired) electrons. The second-order valence-corrected chi connectivity index (χ2v) is 14.5. The lowest BCUT2D eigenvalue weighted by Gasteiger charge is -2.26. The fraction of sp³-hybridized carbons (Fsp3) is 0. The van der Waals surface area contributed by atoms with Gasteiger partial charge in [0.15, 0.2) is 0 Å². The number of aromatic nitrogens is 2. The molecule has 0 saturated carbocycles. The van der Waals surface area contributed by atoms with Crippen LogP contribution in [-0.4, -0.2) is 8.80 Å². The highest BCUT2D eigenvalue weighted by Gasteiger charge is 2.28. The smallest absolute Gasteiger partial charge is 0.0782 e. The Morgan fingerprint density at radius 2 is 0.849 bits per heavy atom. The first-order valence-corrected chi connectivity index (χ1v) is 18.4. The number of fused-ring (bicyclic) bond motifs is 17.